The molecule has 0 unspecified atom stereocenters. The van der Waals surface area contributed by atoms with Crippen molar-refractivity contribution in [1.29, 1.82) is 0 Å². The molecule has 0 radical (unpaired) electrons. The number of methoxy groups -OCH3 is 4. The van der Waals surface area contributed by atoms with Crippen molar-refractivity contribution in [3.63, 3.8) is 0 Å². The van der Waals surface area contributed by atoms with Gasteiger partial charge in [-0.2, -0.15) is 0 Å². The second-order valence-corrected chi connectivity index (χ2v) is 4.04. The number of benzene rings is 1. The van der Waals surface area contributed by atoms with Gasteiger partial charge in [0.15, 0.2) is 0 Å². The third-order valence-corrected chi connectivity index (χ3v) is 2.86. The Kier molecular flexibility index (Phi) is 6.48. The molecule has 0 amide bonds. The van der Waals surface area contributed by atoms with Crippen molar-refractivity contribution in [2.45, 2.75) is 12.6 Å². The molecule has 7 heteroatoms. The van der Waals surface area contributed by atoms with Gasteiger partial charge in [-0.3, -0.25) is 5.32 Å². The van der Waals surface area contributed by atoms with E-state index in [2.05, 4.69) is 14.8 Å². The van der Waals surface area contributed by atoms with Gasteiger partial charge < -0.3 is 18.9 Å². The Bertz CT molecular complexity index is 486. The van der Waals surface area contributed by atoms with Gasteiger partial charge in [-0.15, -0.1) is 0 Å². The number of esters is 2. The van der Waals surface area contributed by atoms with Crippen molar-refractivity contribution in [1.82, 2.24) is 5.32 Å². The first-order valence-electron chi connectivity index (χ1n) is 6.17. The molecule has 116 valence electrons. The molecule has 1 aromatic carbocycles. The van der Waals surface area contributed by atoms with Gasteiger partial charge in [0.05, 0.1) is 28.4 Å². The summed E-state index contributed by atoms with van der Waals surface area (Å²) >= 11 is 0. The fraction of sp³-hybridized carbons (Fsp3) is 0.429. The van der Waals surface area contributed by atoms with E-state index in [4.69, 9.17) is 9.47 Å². The molecule has 1 aromatic rings. The molecule has 0 heterocycles. The van der Waals surface area contributed by atoms with Gasteiger partial charge in [0, 0.05) is 18.2 Å². The topological polar surface area (TPSA) is 83.1 Å². The van der Waals surface area contributed by atoms with Crippen LogP contribution in [0.4, 0.5) is 0 Å². The monoisotopic (exact) mass is 297 g/mol. The van der Waals surface area contributed by atoms with Crippen molar-refractivity contribution < 1.29 is 28.5 Å². The first kappa shape index (κ1) is 16.8. The molecule has 1 N–H and O–H groups in total. The van der Waals surface area contributed by atoms with Gasteiger partial charge in [-0.05, 0) is 6.07 Å². The highest BCUT2D eigenvalue weighted by Gasteiger charge is 2.28. The minimum absolute atomic E-state index is 0.224. The molecule has 21 heavy (non-hydrogen) atoms. The minimum Gasteiger partial charge on any atom is -0.497 e. The van der Waals surface area contributed by atoms with Crippen molar-refractivity contribution in [3.8, 4) is 11.5 Å². The zero-order chi connectivity index (χ0) is 15.8. The van der Waals surface area contributed by atoms with E-state index in [0.717, 1.165) is 5.56 Å². The van der Waals surface area contributed by atoms with Crippen LogP contribution in [0.25, 0.3) is 0 Å². The summed E-state index contributed by atoms with van der Waals surface area (Å²) in [4.78, 5) is 23.1. The maximum absolute atomic E-state index is 11.6. The number of hydrogen-bond acceptors (Lipinski definition) is 7. The number of ether oxygens (including phenoxy) is 4. The van der Waals surface area contributed by atoms with E-state index in [1.165, 1.54) is 21.3 Å². The Hall–Kier alpha value is -2.28. The van der Waals surface area contributed by atoms with E-state index < -0.39 is 18.0 Å². The van der Waals surface area contributed by atoms with E-state index in [1.807, 2.05) is 0 Å². The summed E-state index contributed by atoms with van der Waals surface area (Å²) < 4.78 is 19.5. The summed E-state index contributed by atoms with van der Waals surface area (Å²) in [5.41, 5.74) is 0.760. The molecule has 0 atom stereocenters. The predicted octanol–water partition coefficient (Wildman–Crippen LogP) is 0.508. The van der Waals surface area contributed by atoms with Crippen LogP contribution in [-0.2, 0) is 25.6 Å². The molecule has 0 aromatic heterocycles. The smallest absolute Gasteiger partial charge is 0.334 e. The SMILES string of the molecule is COC(=O)C(NCc1ccc(OC)cc1OC)C(=O)OC. The fourth-order valence-corrected chi connectivity index (χ4v) is 1.71. The summed E-state index contributed by atoms with van der Waals surface area (Å²) in [6.45, 7) is 0.224. The molecule has 7 nitrogen and oxygen atoms in total. The number of carbonyl (C=O) groups excluding carboxylic acids is 2. The van der Waals surface area contributed by atoms with Crippen LogP contribution in [0, 0.1) is 0 Å². The quantitative estimate of drug-likeness (QED) is 0.580. The van der Waals surface area contributed by atoms with E-state index in [0.29, 0.717) is 11.5 Å². The summed E-state index contributed by atoms with van der Waals surface area (Å²) in [5.74, 6) is -0.202. The maximum atomic E-state index is 11.6. The van der Waals surface area contributed by atoms with E-state index in [-0.39, 0.29) is 6.54 Å². The molecule has 1 rings (SSSR count). The molecular weight excluding hydrogens is 278 g/mol. The lowest BCUT2D eigenvalue weighted by Gasteiger charge is -2.16. The Morgan fingerprint density at radius 2 is 1.67 bits per heavy atom. The standard InChI is InChI=1S/C14H19NO6/c1-18-10-6-5-9(11(7-10)19-2)8-15-12(13(16)20-3)14(17)21-4/h5-7,12,15H,8H2,1-4H3. The molecule has 0 saturated heterocycles. The van der Waals surface area contributed by atoms with Gasteiger partial charge >= 0.3 is 11.9 Å². The maximum Gasteiger partial charge on any atom is 0.334 e. The van der Waals surface area contributed by atoms with E-state index in [1.54, 1.807) is 25.3 Å². The lowest BCUT2D eigenvalue weighted by atomic mass is 10.1. The highest BCUT2D eigenvalue weighted by atomic mass is 16.5. The Labute approximate surface area is 123 Å². The summed E-state index contributed by atoms with van der Waals surface area (Å²) in [6.07, 6.45) is 0. The van der Waals surface area contributed by atoms with Crippen LogP contribution in [0.5, 0.6) is 11.5 Å². The first-order valence-corrected chi connectivity index (χ1v) is 6.17. The zero-order valence-corrected chi connectivity index (χ0v) is 12.5. The number of carbonyl (C=O) groups is 2. The van der Waals surface area contributed by atoms with Crippen LogP contribution in [0.2, 0.25) is 0 Å². The molecule has 0 fully saturated rings. The Morgan fingerprint density at radius 1 is 1.05 bits per heavy atom. The highest BCUT2D eigenvalue weighted by molar-refractivity contribution is 5.99. The van der Waals surface area contributed by atoms with E-state index >= 15 is 0 Å². The molecule has 0 spiro atoms. The third kappa shape index (κ3) is 4.35. The van der Waals surface area contributed by atoms with Crippen LogP contribution in [0.3, 0.4) is 0 Å². The molecule has 0 aliphatic heterocycles. The fourth-order valence-electron chi connectivity index (χ4n) is 1.71. The highest BCUT2D eigenvalue weighted by Crippen LogP contribution is 2.24. The van der Waals surface area contributed by atoms with Crippen molar-refractivity contribution in [3.05, 3.63) is 23.8 Å². The average molecular weight is 297 g/mol. The molecule has 0 saturated carbocycles. The summed E-state index contributed by atoms with van der Waals surface area (Å²) in [7, 11) is 5.48. The summed E-state index contributed by atoms with van der Waals surface area (Å²) in [6, 6.07) is 4.05. The van der Waals surface area contributed by atoms with Crippen LogP contribution in [-0.4, -0.2) is 46.4 Å². The Morgan fingerprint density at radius 3 is 2.14 bits per heavy atom. The second-order valence-electron chi connectivity index (χ2n) is 4.04. The van der Waals surface area contributed by atoms with Crippen LogP contribution >= 0.6 is 0 Å². The van der Waals surface area contributed by atoms with Gasteiger partial charge in [0.2, 0.25) is 6.04 Å². The lowest BCUT2D eigenvalue weighted by molar-refractivity contribution is -0.155. The van der Waals surface area contributed by atoms with Crippen LogP contribution < -0.4 is 14.8 Å². The minimum atomic E-state index is -1.19. The first-order chi connectivity index (χ1) is 10.1. The van der Waals surface area contributed by atoms with Crippen LogP contribution in [0.1, 0.15) is 5.56 Å². The molecule has 0 bridgehead atoms. The largest absolute Gasteiger partial charge is 0.497 e. The van der Waals surface area contributed by atoms with Gasteiger partial charge in [0.25, 0.3) is 0 Å². The molecular formula is C14H19NO6. The Balaban J connectivity index is 2.84. The molecule has 0 aliphatic carbocycles. The number of hydrogen-bond donors (Lipinski definition) is 1. The number of rotatable bonds is 7. The van der Waals surface area contributed by atoms with Crippen LogP contribution in [0.15, 0.2) is 18.2 Å². The predicted molar refractivity (Wildman–Crippen MR) is 74.2 cm³/mol. The number of nitrogens with one attached hydrogen (secondary N) is 1. The zero-order valence-electron chi connectivity index (χ0n) is 12.5. The van der Waals surface area contributed by atoms with Crippen molar-refractivity contribution in [2.75, 3.05) is 28.4 Å². The van der Waals surface area contributed by atoms with Gasteiger partial charge in [0.1, 0.15) is 11.5 Å². The second kappa shape index (κ2) is 8.11. The van der Waals surface area contributed by atoms with E-state index in [9.17, 15) is 9.59 Å². The normalized spacial score (nSPS) is 10.1. The lowest BCUT2D eigenvalue weighted by Crippen LogP contribution is -2.44. The summed E-state index contributed by atoms with van der Waals surface area (Å²) in [5, 5.41) is 2.78. The van der Waals surface area contributed by atoms with Crippen molar-refractivity contribution in [2.24, 2.45) is 0 Å². The molecule has 0 aliphatic rings. The van der Waals surface area contributed by atoms with Gasteiger partial charge in [-0.25, -0.2) is 9.59 Å². The van der Waals surface area contributed by atoms with Gasteiger partial charge in [-0.1, -0.05) is 6.07 Å². The third-order valence-electron chi connectivity index (χ3n) is 2.86. The van der Waals surface area contributed by atoms with Crippen molar-refractivity contribution >= 4 is 11.9 Å². The average Bonchev–Trinajstić information content (AvgIpc) is 2.54.